The van der Waals surface area contributed by atoms with Gasteiger partial charge in [-0.05, 0) is 56.2 Å². The van der Waals surface area contributed by atoms with Crippen LogP contribution >= 0.6 is 0 Å². The van der Waals surface area contributed by atoms with Crippen LogP contribution < -0.4 is 20.1 Å². The Kier molecular flexibility index (Phi) is 8.54. The number of hydrogen-bond donors (Lipinski definition) is 2. The maximum atomic E-state index is 12.1. The highest BCUT2D eigenvalue weighted by Gasteiger charge is 2.09. The molecule has 1 heterocycles. The normalized spacial score (nSPS) is 10.6. The number of anilines is 1. The van der Waals surface area contributed by atoms with Gasteiger partial charge in [0, 0.05) is 24.8 Å². The second kappa shape index (κ2) is 11.8. The van der Waals surface area contributed by atoms with E-state index < -0.39 is 0 Å². The SMILES string of the molecule is CCCCNC(=O)Nc1ccccc1OCCCn1cc(-c2ccc(OC)cc2)nc1C. The Morgan fingerprint density at radius 1 is 1.09 bits per heavy atom. The summed E-state index contributed by atoms with van der Waals surface area (Å²) in [5.74, 6) is 2.45. The summed E-state index contributed by atoms with van der Waals surface area (Å²) >= 11 is 0. The number of imidazole rings is 1. The minimum atomic E-state index is -0.213. The lowest BCUT2D eigenvalue weighted by Gasteiger charge is -2.13. The van der Waals surface area contributed by atoms with Crippen LogP contribution in [0.4, 0.5) is 10.5 Å². The van der Waals surface area contributed by atoms with Crippen molar-refractivity contribution in [2.45, 2.75) is 39.7 Å². The van der Waals surface area contributed by atoms with E-state index in [0.717, 1.165) is 48.6 Å². The number of urea groups is 1. The van der Waals surface area contributed by atoms with Crippen molar-refractivity contribution < 1.29 is 14.3 Å². The number of carbonyl (C=O) groups is 1. The van der Waals surface area contributed by atoms with Crippen LogP contribution in [0, 0.1) is 6.92 Å². The molecule has 0 radical (unpaired) electrons. The first-order valence-corrected chi connectivity index (χ1v) is 11.1. The zero-order chi connectivity index (χ0) is 22.8. The molecule has 0 fully saturated rings. The van der Waals surface area contributed by atoms with E-state index in [1.165, 1.54) is 0 Å². The van der Waals surface area contributed by atoms with Crippen LogP contribution in [0.1, 0.15) is 32.0 Å². The fourth-order valence-electron chi connectivity index (χ4n) is 3.29. The van der Waals surface area contributed by atoms with Crippen molar-refractivity contribution in [3.63, 3.8) is 0 Å². The molecule has 1 aromatic heterocycles. The number of hydrogen-bond acceptors (Lipinski definition) is 4. The van der Waals surface area contributed by atoms with Crippen LogP contribution in [0.3, 0.4) is 0 Å². The van der Waals surface area contributed by atoms with E-state index in [0.29, 0.717) is 24.6 Å². The van der Waals surface area contributed by atoms with Gasteiger partial charge in [-0.1, -0.05) is 25.5 Å². The van der Waals surface area contributed by atoms with Gasteiger partial charge in [0.1, 0.15) is 17.3 Å². The number of ether oxygens (including phenoxy) is 2. The van der Waals surface area contributed by atoms with E-state index in [1.54, 1.807) is 7.11 Å². The summed E-state index contributed by atoms with van der Waals surface area (Å²) in [6, 6.07) is 15.2. The third-order valence-corrected chi connectivity index (χ3v) is 5.11. The molecule has 7 nitrogen and oxygen atoms in total. The molecular formula is C25H32N4O3. The predicted molar refractivity (Wildman–Crippen MR) is 127 cm³/mol. The van der Waals surface area contributed by atoms with Crippen molar-refractivity contribution in [1.29, 1.82) is 0 Å². The van der Waals surface area contributed by atoms with Crippen molar-refractivity contribution in [3.05, 3.63) is 60.6 Å². The molecule has 0 spiro atoms. The van der Waals surface area contributed by atoms with Crippen LogP contribution in [0.5, 0.6) is 11.5 Å². The molecule has 2 aromatic carbocycles. The number of nitrogens with zero attached hydrogens (tertiary/aromatic N) is 2. The minimum Gasteiger partial charge on any atom is -0.497 e. The van der Waals surface area contributed by atoms with Gasteiger partial charge in [0.15, 0.2) is 0 Å². The van der Waals surface area contributed by atoms with Gasteiger partial charge in [0.2, 0.25) is 0 Å². The molecule has 2 amide bonds. The number of nitrogens with one attached hydrogen (secondary N) is 2. The summed E-state index contributed by atoms with van der Waals surface area (Å²) in [5, 5.41) is 5.72. The van der Waals surface area contributed by atoms with E-state index in [9.17, 15) is 4.79 Å². The monoisotopic (exact) mass is 436 g/mol. The molecule has 0 saturated heterocycles. The van der Waals surface area contributed by atoms with Crippen LogP contribution in [0.15, 0.2) is 54.7 Å². The van der Waals surface area contributed by atoms with Gasteiger partial charge in [-0.15, -0.1) is 0 Å². The average Bonchev–Trinajstić information content (AvgIpc) is 3.18. The third kappa shape index (κ3) is 6.51. The Balaban J connectivity index is 1.51. The highest BCUT2D eigenvalue weighted by Crippen LogP contribution is 2.24. The Bertz CT molecular complexity index is 999. The molecule has 0 bridgehead atoms. The minimum absolute atomic E-state index is 0.213. The molecule has 3 rings (SSSR count). The fourth-order valence-corrected chi connectivity index (χ4v) is 3.29. The summed E-state index contributed by atoms with van der Waals surface area (Å²) < 4.78 is 13.3. The van der Waals surface area contributed by atoms with Gasteiger partial charge < -0.3 is 24.7 Å². The van der Waals surface area contributed by atoms with Crippen LogP contribution in [0.2, 0.25) is 0 Å². The van der Waals surface area contributed by atoms with Crippen molar-refractivity contribution in [3.8, 4) is 22.8 Å². The van der Waals surface area contributed by atoms with Crippen molar-refractivity contribution in [2.24, 2.45) is 0 Å². The van der Waals surface area contributed by atoms with Crippen molar-refractivity contribution in [2.75, 3.05) is 25.6 Å². The molecular weight excluding hydrogens is 404 g/mol. The number of aromatic nitrogens is 2. The van der Waals surface area contributed by atoms with Gasteiger partial charge in [0.25, 0.3) is 0 Å². The number of para-hydroxylation sites is 2. The zero-order valence-electron chi connectivity index (χ0n) is 19.1. The first kappa shape index (κ1) is 23.2. The van der Waals surface area contributed by atoms with Crippen LogP contribution in [0.25, 0.3) is 11.3 Å². The number of unbranched alkanes of at least 4 members (excludes halogenated alkanes) is 1. The Morgan fingerprint density at radius 3 is 2.62 bits per heavy atom. The van der Waals surface area contributed by atoms with E-state index in [4.69, 9.17) is 9.47 Å². The highest BCUT2D eigenvalue weighted by atomic mass is 16.5. The summed E-state index contributed by atoms with van der Waals surface area (Å²) in [6.07, 6.45) is 4.88. The standard InChI is InChI=1S/C25H32N4O3/c1-4-5-15-26-25(30)28-22-9-6-7-10-24(22)32-17-8-16-29-18-23(27-19(29)2)20-11-13-21(31-3)14-12-20/h6-7,9-14,18H,4-5,8,15-17H2,1-3H3,(H2,26,28,30). The van der Waals surface area contributed by atoms with Gasteiger partial charge in [0.05, 0.1) is 25.1 Å². The number of rotatable bonds is 11. The van der Waals surface area contributed by atoms with E-state index in [2.05, 4.69) is 33.3 Å². The Morgan fingerprint density at radius 2 is 1.88 bits per heavy atom. The predicted octanol–water partition coefficient (Wildman–Crippen LogP) is 5.26. The first-order valence-electron chi connectivity index (χ1n) is 11.1. The van der Waals surface area contributed by atoms with Gasteiger partial charge in [-0.2, -0.15) is 0 Å². The molecule has 0 saturated carbocycles. The molecule has 170 valence electrons. The first-order chi connectivity index (χ1) is 15.6. The largest absolute Gasteiger partial charge is 0.497 e. The number of benzene rings is 2. The number of carbonyl (C=O) groups excluding carboxylic acids is 1. The lowest BCUT2D eigenvalue weighted by molar-refractivity contribution is 0.251. The Hall–Kier alpha value is -3.48. The highest BCUT2D eigenvalue weighted by molar-refractivity contribution is 5.90. The van der Waals surface area contributed by atoms with Crippen molar-refractivity contribution >= 4 is 11.7 Å². The van der Waals surface area contributed by atoms with Gasteiger partial charge in [-0.25, -0.2) is 9.78 Å². The summed E-state index contributed by atoms with van der Waals surface area (Å²) in [5.41, 5.74) is 2.66. The van der Waals surface area contributed by atoms with Gasteiger partial charge in [-0.3, -0.25) is 0 Å². The maximum absolute atomic E-state index is 12.1. The van der Waals surface area contributed by atoms with E-state index in [1.807, 2.05) is 55.5 Å². The summed E-state index contributed by atoms with van der Waals surface area (Å²) in [4.78, 5) is 16.7. The molecule has 0 unspecified atom stereocenters. The molecule has 0 atom stereocenters. The molecule has 0 aliphatic rings. The van der Waals surface area contributed by atoms with E-state index >= 15 is 0 Å². The molecule has 0 aliphatic carbocycles. The average molecular weight is 437 g/mol. The lowest BCUT2D eigenvalue weighted by Crippen LogP contribution is -2.29. The summed E-state index contributed by atoms with van der Waals surface area (Å²) in [6.45, 7) is 6.08. The Labute approximate surface area is 189 Å². The second-order valence-corrected chi connectivity index (χ2v) is 7.53. The molecule has 32 heavy (non-hydrogen) atoms. The van der Waals surface area contributed by atoms with Crippen LogP contribution in [-0.2, 0) is 6.54 Å². The van der Waals surface area contributed by atoms with Crippen LogP contribution in [-0.4, -0.2) is 35.8 Å². The topological polar surface area (TPSA) is 77.4 Å². The van der Waals surface area contributed by atoms with E-state index in [-0.39, 0.29) is 6.03 Å². The number of amides is 2. The summed E-state index contributed by atoms with van der Waals surface area (Å²) in [7, 11) is 1.66. The smallest absolute Gasteiger partial charge is 0.319 e. The van der Waals surface area contributed by atoms with Crippen molar-refractivity contribution in [1.82, 2.24) is 14.9 Å². The number of methoxy groups -OCH3 is 1. The number of aryl methyl sites for hydroxylation is 2. The lowest BCUT2D eigenvalue weighted by atomic mass is 10.2. The zero-order valence-corrected chi connectivity index (χ0v) is 19.1. The molecule has 7 heteroatoms. The maximum Gasteiger partial charge on any atom is 0.319 e. The molecule has 0 aliphatic heterocycles. The second-order valence-electron chi connectivity index (χ2n) is 7.53. The van der Waals surface area contributed by atoms with Gasteiger partial charge >= 0.3 is 6.03 Å². The third-order valence-electron chi connectivity index (χ3n) is 5.11. The quantitative estimate of drug-likeness (QED) is 0.402. The fraction of sp³-hybridized carbons (Fsp3) is 0.360. The molecule has 2 N–H and O–H groups in total. The molecule has 3 aromatic rings.